The van der Waals surface area contributed by atoms with Crippen LogP contribution in [0.5, 0.6) is 0 Å². The van der Waals surface area contributed by atoms with E-state index in [1.165, 1.54) is 32.1 Å². The van der Waals surface area contributed by atoms with Crippen molar-refractivity contribution in [1.29, 1.82) is 0 Å². The van der Waals surface area contributed by atoms with Gasteiger partial charge < -0.3 is 10.1 Å². The number of benzene rings is 1. The Bertz CT molecular complexity index is 662. The second-order valence-corrected chi connectivity index (χ2v) is 8.28. The highest BCUT2D eigenvalue weighted by Gasteiger charge is 2.36. The molecule has 0 spiro atoms. The van der Waals surface area contributed by atoms with E-state index in [0.717, 1.165) is 28.6 Å². The number of nitrogens with zero attached hydrogens (tertiary/aromatic N) is 1. The van der Waals surface area contributed by atoms with E-state index in [9.17, 15) is 5.11 Å². The number of nitrogens with one attached hydrogen (secondary N) is 1. The first-order valence-corrected chi connectivity index (χ1v) is 9.24. The van der Waals surface area contributed by atoms with Crippen LogP contribution in [0.3, 0.4) is 0 Å². The minimum Gasteiger partial charge on any atom is -0.392 e. The van der Waals surface area contributed by atoms with E-state index in [-0.39, 0.29) is 12.0 Å². The smallest absolute Gasteiger partial charge is 0.110 e. The number of aromatic amines is 1. The number of imidazole rings is 1. The molecule has 130 valence electrons. The summed E-state index contributed by atoms with van der Waals surface area (Å²) in [4.78, 5) is 8.36. The molecule has 1 heterocycles. The molecule has 1 saturated carbocycles. The van der Waals surface area contributed by atoms with Gasteiger partial charge in [0.05, 0.1) is 18.5 Å². The number of rotatable bonds is 4. The summed E-state index contributed by atoms with van der Waals surface area (Å²) >= 11 is 0. The van der Waals surface area contributed by atoms with Crippen LogP contribution in [-0.4, -0.2) is 15.1 Å². The third kappa shape index (κ3) is 3.72. The van der Waals surface area contributed by atoms with Crippen molar-refractivity contribution in [3.8, 4) is 11.3 Å². The van der Waals surface area contributed by atoms with Gasteiger partial charge in [0, 0.05) is 5.92 Å². The van der Waals surface area contributed by atoms with Gasteiger partial charge in [-0.05, 0) is 41.4 Å². The molecule has 2 N–H and O–H groups in total. The molecule has 3 nitrogen and oxygen atoms in total. The zero-order chi connectivity index (χ0) is 17.2. The summed E-state index contributed by atoms with van der Waals surface area (Å²) < 4.78 is 0. The molecule has 0 radical (unpaired) electrons. The minimum absolute atomic E-state index is 0.0710. The van der Waals surface area contributed by atoms with Crippen LogP contribution < -0.4 is 0 Å². The second kappa shape index (κ2) is 7.10. The topological polar surface area (TPSA) is 48.9 Å². The molecule has 0 saturated heterocycles. The van der Waals surface area contributed by atoms with Gasteiger partial charge in [-0.3, -0.25) is 0 Å². The fourth-order valence-corrected chi connectivity index (χ4v) is 4.29. The summed E-state index contributed by atoms with van der Waals surface area (Å²) in [5.74, 6) is 2.31. The van der Waals surface area contributed by atoms with Crippen molar-refractivity contribution in [2.75, 3.05) is 0 Å². The third-order valence-electron chi connectivity index (χ3n) is 5.36. The number of aromatic nitrogens is 2. The maximum Gasteiger partial charge on any atom is 0.110 e. The van der Waals surface area contributed by atoms with Crippen LogP contribution in [0.1, 0.15) is 70.2 Å². The molecule has 3 rings (SSSR count). The van der Waals surface area contributed by atoms with E-state index < -0.39 is 0 Å². The number of aliphatic hydroxyl groups excluding tert-OH is 1. The molecule has 1 aliphatic carbocycles. The van der Waals surface area contributed by atoms with Crippen molar-refractivity contribution in [3.05, 3.63) is 41.9 Å². The van der Waals surface area contributed by atoms with Crippen molar-refractivity contribution < 1.29 is 5.11 Å². The highest BCUT2D eigenvalue weighted by molar-refractivity contribution is 5.59. The van der Waals surface area contributed by atoms with Gasteiger partial charge in [0.25, 0.3) is 0 Å². The van der Waals surface area contributed by atoms with E-state index in [4.69, 9.17) is 4.98 Å². The second-order valence-electron chi connectivity index (χ2n) is 8.28. The van der Waals surface area contributed by atoms with Gasteiger partial charge in [0.15, 0.2) is 0 Å². The Morgan fingerprint density at radius 1 is 1.21 bits per heavy atom. The highest BCUT2D eigenvalue weighted by atomic mass is 16.3. The SMILES string of the molecule is CC(C)(C)C(c1ncc(-c2cccc(CO)c2)[nH]1)C1CCCCC1. The molecule has 3 heteroatoms. The van der Waals surface area contributed by atoms with Gasteiger partial charge in [-0.15, -0.1) is 0 Å². The Kier molecular flexibility index (Phi) is 5.09. The Morgan fingerprint density at radius 3 is 2.62 bits per heavy atom. The quantitative estimate of drug-likeness (QED) is 0.803. The first-order valence-electron chi connectivity index (χ1n) is 9.24. The standard InChI is InChI=1S/C21H30N2O/c1-21(2,3)19(16-9-5-4-6-10-16)20-22-13-18(23-20)17-11-7-8-15(12-17)14-24/h7-8,11-13,16,19,24H,4-6,9-10,14H2,1-3H3,(H,22,23). The Balaban J connectivity index is 1.90. The lowest BCUT2D eigenvalue weighted by Gasteiger charge is -2.38. The van der Waals surface area contributed by atoms with Crippen LogP contribution >= 0.6 is 0 Å². The molecule has 0 bridgehead atoms. The van der Waals surface area contributed by atoms with Crippen LogP contribution in [0, 0.1) is 11.3 Å². The molecule has 1 aromatic heterocycles. The largest absolute Gasteiger partial charge is 0.392 e. The number of aliphatic hydroxyl groups is 1. The fourth-order valence-electron chi connectivity index (χ4n) is 4.29. The lowest BCUT2D eigenvalue weighted by molar-refractivity contribution is 0.184. The zero-order valence-electron chi connectivity index (χ0n) is 15.2. The number of hydrogen-bond acceptors (Lipinski definition) is 2. The maximum absolute atomic E-state index is 9.35. The van der Waals surface area contributed by atoms with Crippen LogP contribution in [0.2, 0.25) is 0 Å². The van der Waals surface area contributed by atoms with Crippen LogP contribution in [-0.2, 0) is 6.61 Å². The molecule has 1 aromatic carbocycles. The molecular formula is C21H30N2O. The zero-order valence-corrected chi connectivity index (χ0v) is 15.2. The van der Waals surface area contributed by atoms with E-state index in [2.05, 4.69) is 31.8 Å². The minimum atomic E-state index is 0.0710. The molecule has 1 atom stereocenters. The van der Waals surface area contributed by atoms with Gasteiger partial charge in [-0.2, -0.15) is 0 Å². The summed E-state index contributed by atoms with van der Waals surface area (Å²) in [6.07, 6.45) is 8.67. The Morgan fingerprint density at radius 2 is 1.96 bits per heavy atom. The Labute approximate surface area is 145 Å². The van der Waals surface area contributed by atoms with Crippen molar-refractivity contribution in [3.63, 3.8) is 0 Å². The summed E-state index contributed by atoms with van der Waals surface area (Å²) in [5, 5.41) is 9.35. The third-order valence-corrected chi connectivity index (χ3v) is 5.36. The first kappa shape index (κ1) is 17.2. The van der Waals surface area contributed by atoms with Crippen molar-refractivity contribution in [2.24, 2.45) is 11.3 Å². The van der Waals surface area contributed by atoms with Crippen LogP contribution in [0.25, 0.3) is 11.3 Å². The molecule has 1 aliphatic rings. The van der Waals surface area contributed by atoms with Gasteiger partial charge in [0.2, 0.25) is 0 Å². The molecule has 0 aliphatic heterocycles. The van der Waals surface area contributed by atoms with Crippen LogP contribution in [0.4, 0.5) is 0 Å². The average molecular weight is 326 g/mol. The van der Waals surface area contributed by atoms with Crippen molar-refractivity contribution in [1.82, 2.24) is 9.97 Å². The van der Waals surface area contributed by atoms with E-state index >= 15 is 0 Å². The normalized spacial score (nSPS) is 17.8. The summed E-state index contributed by atoms with van der Waals surface area (Å²) in [5.41, 5.74) is 3.27. The molecule has 24 heavy (non-hydrogen) atoms. The van der Waals surface area contributed by atoms with Crippen molar-refractivity contribution >= 4 is 0 Å². The first-order chi connectivity index (χ1) is 11.5. The summed E-state index contributed by atoms with van der Waals surface area (Å²) in [7, 11) is 0. The molecule has 1 unspecified atom stereocenters. The highest BCUT2D eigenvalue weighted by Crippen LogP contribution is 2.45. The van der Waals surface area contributed by atoms with Crippen LogP contribution in [0.15, 0.2) is 30.5 Å². The summed E-state index contributed by atoms with van der Waals surface area (Å²) in [6, 6.07) is 8.04. The molecular weight excluding hydrogens is 296 g/mol. The van der Waals surface area contributed by atoms with Gasteiger partial charge in [-0.1, -0.05) is 58.2 Å². The maximum atomic E-state index is 9.35. The lowest BCUT2D eigenvalue weighted by atomic mass is 9.68. The molecule has 1 fully saturated rings. The van der Waals surface area contributed by atoms with E-state index in [1.54, 1.807) is 0 Å². The Hall–Kier alpha value is -1.61. The predicted octanol–water partition coefficient (Wildman–Crippen LogP) is 5.28. The monoisotopic (exact) mass is 326 g/mol. The van der Waals surface area contributed by atoms with Gasteiger partial charge in [0.1, 0.15) is 5.82 Å². The lowest BCUT2D eigenvalue weighted by Crippen LogP contribution is -2.28. The number of hydrogen-bond donors (Lipinski definition) is 2. The van der Waals surface area contributed by atoms with Crippen molar-refractivity contribution in [2.45, 2.75) is 65.4 Å². The van der Waals surface area contributed by atoms with Gasteiger partial charge >= 0.3 is 0 Å². The average Bonchev–Trinajstić information content (AvgIpc) is 3.04. The predicted molar refractivity (Wildman–Crippen MR) is 98.7 cm³/mol. The summed E-state index contributed by atoms with van der Waals surface area (Å²) in [6.45, 7) is 7.07. The van der Waals surface area contributed by atoms with Gasteiger partial charge in [-0.25, -0.2) is 4.98 Å². The number of H-pyrrole nitrogens is 1. The fraction of sp³-hybridized carbons (Fsp3) is 0.571. The van der Waals surface area contributed by atoms with E-state index in [1.807, 2.05) is 24.4 Å². The van der Waals surface area contributed by atoms with E-state index in [0.29, 0.717) is 5.92 Å². The molecule has 2 aromatic rings. The molecule has 0 amide bonds.